The van der Waals surface area contributed by atoms with Gasteiger partial charge in [-0.05, 0) is 0 Å². The van der Waals surface area contributed by atoms with Crippen LogP contribution < -0.4 is 113 Å². The van der Waals surface area contributed by atoms with Gasteiger partial charge in [-0.25, -0.2) is 19.2 Å². The van der Waals surface area contributed by atoms with E-state index in [9.17, 15) is 39.0 Å². The van der Waals surface area contributed by atoms with Gasteiger partial charge < -0.3 is 40.7 Å². The van der Waals surface area contributed by atoms with Crippen molar-refractivity contribution in [2.75, 3.05) is 0 Å². The molecule has 0 atom stereocenters. The van der Waals surface area contributed by atoms with Gasteiger partial charge in [-0.3, -0.25) is 0 Å². The summed E-state index contributed by atoms with van der Waals surface area (Å²) in [6.07, 6.45) is 0. The largest absolute Gasteiger partial charge is 2.00 e. The molecule has 0 bridgehead atoms. The van der Waals surface area contributed by atoms with Crippen molar-refractivity contribution in [2.45, 2.75) is 0 Å². The van der Waals surface area contributed by atoms with Gasteiger partial charge in [0.1, 0.15) is 0 Å². The normalized spacial score (nSPS) is 6.36. The summed E-state index contributed by atoms with van der Waals surface area (Å²) in [5, 5.41) is 19.5. The summed E-state index contributed by atoms with van der Waals surface area (Å²) in [5.74, 6) is -13.6. The van der Waals surface area contributed by atoms with Gasteiger partial charge in [0.15, 0.2) is 11.9 Å². The number of hydrogen-bond acceptors (Lipinski definition) is 10. The van der Waals surface area contributed by atoms with Crippen molar-refractivity contribution in [3.63, 3.8) is 0 Å². The number of rotatable bonds is 0. The van der Waals surface area contributed by atoms with Gasteiger partial charge in [-0.2, -0.15) is 0 Å². The Balaban J connectivity index is -0.0000000124. The van der Waals surface area contributed by atoms with Crippen molar-refractivity contribution in [1.82, 2.24) is 0 Å². The number of carbonyl (C=O) groups is 6. The smallest absolute Gasteiger partial charge is 1.00 e. The van der Waals surface area contributed by atoms with Gasteiger partial charge in [0.05, 0.1) is 0 Å². The first-order valence-electron chi connectivity index (χ1n) is 3.20. The van der Waals surface area contributed by atoms with Crippen molar-refractivity contribution in [3.05, 3.63) is 0 Å². The van der Waals surface area contributed by atoms with E-state index in [-0.39, 0.29) is 206 Å². The van der Waals surface area contributed by atoms with E-state index in [1.807, 2.05) is 0 Å². The van der Waals surface area contributed by atoms with Crippen molar-refractivity contribution in [2.24, 2.45) is 0 Å². The molecular formula is C6H8K2Mg4O10. The molecule has 0 saturated heterocycles. The first kappa shape index (κ1) is 44.8. The van der Waals surface area contributed by atoms with Crippen LogP contribution >= 0.6 is 0 Å². The summed E-state index contributed by atoms with van der Waals surface area (Å²) in [5.41, 5.74) is 0. The fourth-order valence-electron chi connectivity index (χ4n) is 0.335. The minimum Gasteiger partial charge on any atom is -1.00 e. The minimum absolute atomic E-state index is 0. The molecule has 0 amide bonds. The third-order valence-corrected chi connectivity index (χ3v) is 0.871. The average molecular weight is 416 g/mol. The van der Waals surface area contributed by atoms with Crippen molar-refractivity contribution in [3.8, 4) is 0 Å². The molecule has 0 radical (unpaired) electrons. The second-order valence-electron chi connectivity index (χ2n) is 1.93. The molecule has 0 aliphatic rings. The zero-order valence-corrected chi connectivity index (χ0v) is 23.8. The molecule has 0 heterocycles. The number of carbonyl (C=O) groups excluding carboxylic acids is 6. The summed E-state index contributed by atoms with van der Waals surface area (Å²) < 4.78 is 6.55. The molecule has 0 fully saturated rings. The number of hydrogen-bond donors (Lipinski definition) is 0. The van der Waals surface area contributed by atoms with E-state index in [1.54, 1.807) is 0 Å². The number of esters is 4. The molecule has 0 aliphatic heterocycles. The second kappa shape index (κ2) is 24.6. The fraction of sp³-hybridized carbons (Fsp3) is 0. The summed E-state index contributed by atoms with van der Waals surface area (Å²) >= 11 is 0. The number of carboxylic acid groups (broad SMARTS) is 2. The Hall–Kier alpha value is 3.56. The molecule has 0 spiro atoms. The maximum absolute atomic E-state index is 10.4. The molecule has 0 saturated carbocycles. The molecule has 0 rings (SSSR count). The predicted octanol–water partition coefficient (Wildman–Crippen LogP) is -12.0. The molecule has 102 valence electrons. The van der Waals surface area contributed by atoms with Crippen LogP contribution in [0.1, 0.15) is 11.4 Å². The van der Waals surface area contributed by atoms with Crippen molar-refractivity contribution < 1.29 is 163 Å². The maximum Gasteiger partial charge on any atom is 2.00 e. The third-order valence-electron chi connectivity index (χ3n) is 0.871. The summed E-state index contributed by atoms with van der Waals surface area (Å²) in [6, 6.07) is 0. The topological polar surface area (TPSA) is 167 Å². The van der Waals surface area contributed by atoms with E-state index in [4.69, 9.17) is 0 Å². The van der Waals surface area contributed by atoms with Crippen LogP contribution in [0.5, 0.6) is 0 Å². The van der Waals surface area contributed by atoms with E-state index in [0.717, 1.165) is 0 Å². The standard InChI is InChI=1S/C6H2O10.2K.4Mg.8H/c7-1(8)3(11)15-5(13)6(14)16-4(12)2(9)10;;;;;;;;;;;;;;/h(H,7,8)(H,9,10);;;;;;;;;;;;;;/q;2*+1;4*+2;8*-1/p-2. The van der Waals surface area contributed by atoms with E-state index < -0.39 is 35.8 Å². The van der Waals surface area contributed by atoms with Crippen molar-refractivity contribution in [1.29, 1.82) is 0 Å². The monoisotopic (exact) mass is 414 g/mol. The molecule has 0 aliphatic carbocycles. The maximum atomic E-state index is 10.4. The fourth-order valence-corrected chi connectivity index (χ4v) is 0.335. The predicted molar refractivity (Wildman–Crippen MR) is 64.1 cm³/mol. The molecule has 0 N–H and O–H groups in total. The summed E-state index contributed by atoms with van der Waals surface area (Å²) in [6.45, 7) is 0. The van der Waals surface area contributed by atoms with Gasteiger partial charge in [-0.1, -0.05) is 0 Å². The van der Waals surface area contributed by atoms with Crippen LogP contribution in [0.4, 0.5) is 0 Å². The Labute approximate surface area is 284 Å². The summed E-state index contributed by atoms with van der Waals surface area (Å²) in [4.78, 5) is 60.6. The van der Waals surface area contributed by atoms with Crippen molar-refractivity contribution >= 4 is 128 Å². The van der Waals surface area contributed by atoms with E-state index in [0.29, 0.717) is 0 Å². The van der Waals surface area contributed by atoms with E-state index in [2.05, 4.69) is 9.47 Å². The Bertz CT molecular complexity index is 401. The quantitative estimate of drug-likeness (QED) is 0.160. The van der Waals surface area contributed by atoms with Gasteiger partial charge in [0, 0.05) is 0 Å². The average Bonchev–Trinajstić information content (AvgIpc) is 2.16. The molecular weight excluding hydrogens is 407 g/mol. The number of carboxylic acids is 2. The van der Waals surface area contributed by atoms with Crippen LogP contribution in [0.3, 0.4) is 0 Å². The van der Waals surface area contributed by atoms with Crippen LogP contribution in [0.15, 0.2) is 0 Å². The molecule has 22 heavy (non-hydrogen) atoms. The van der Waals surface area contributed by atoms with Crippen LogP contribution in [-0.4, -0.2) is 128 Å². The zero-order chi connectivity index (χ0) is 12.9. The van der Waals surface area contributed by atoms with Crippen LogP contribution in [0, 0.1) is 0 Å². The van der Waals surface area contributed by atoms with Gasteiger partial charge in [0.2, 0.25) is 0 Å². The van der Waals surface area contributed by atoms with Crippen LogP contribution in [-0.2, 0) is 38.2 Å². The molecule has 16 heteroatoms. The van der Waals surface area contributed by atoms with Crippen LogP contribution in [0.2, 0.25) is 0 Å². The molecule has 0 unspecified atom stereocenters. The first-order valence-corrected chi connectivity index (χ1v) is 3.20. The minimum atomic E-state index is -2.42. The number of aliphatic carboxylic acids is 2. The van der Waals surface area contributed by atoms with E-state index in [1.165, 1.54) is 0 Å². The molecule has 0 aromatic rings. The molecule has 0 aromatic heterocycles. The van der Waals surface area contributed by atoms with Gasteiger partial charge in [0.25, 0.3) is 0 Å². The molecule has 10 nitrogen and oxygen atoms in total. The van der Waals surface area contributed by atoms with E-state index >= 15 is 0 Å². The number of ether oxygens (including phenoxy) is 2. The van der Waals surface area contributed by atoms with Gasteiger partial charge >= 0.3 is 219 Å². The molecule has 0 aromatic carbocycles. The Morgan fingerprint density at radius 1 is 0.545 bits per heavy atom. The summed E-state index contributed by atoms with van der Waals surface area (Å²) in [7, 11) is 0. The van der Waals surface area contributed by atoms with Gasteiger partial charge in [-0.15, -0.1) is 0 Å². The second-order valence-corrected chi connectivity index (χ2v) is 1.93. The Morgan fingerprint density at radius 2 is 0.727 bits per heavy atom. The zero-order valence-electron chi connectivity index (χ0n) is 19.9. The van der Waals surface area contributed by atoms with Crippen LogP contribution in [0.25, 0.3) is 0 Å². The first-order chi connectivity index (χ1) is 7.25. The Morgan fingerprint density at radius 3 is 0.864 bits per heavy atom. The Kier molecular flexibility index (Phi) is 50.0. The SMILES string of the molecule is O=C([O-])C(=O)OC(=O)C(=O)OC(=O)C(=O)[O-].[H-].[H-].[H-].[H-].[H-].[H-].[H-].[H-].[K+].[K+].[Mg+2].[Mg+2].[Mg+2].[Mg+2]. The third kappa shape index (κ3) is 21.6.